The van der Waals surface area contributed by atoms with Crippen LogP contribution in [0.2, 0.25) is 0 Å². The van der Waals surface area contributed by atoms with Crippen molar-refractivity contribution in [2.24, 2.45) is 0 Å². The lowest BCUT2D eigenvalue weighted by atomic mass is 10.0. The molecule has 0 spiro atoms. The summed E-state index contributed by atoms with van der Waals surface area (Å²) in [5.74, 6) is -0.137. The molecule has 0 aromatic rings. The second-order valence-electron chi connectivity index (χ2n) is 18.9. The summed E-state index contributed by atoms with van der Waals surface area (Å²) in [4.78, 5) is 24.5. The van der Waals surface area contributed by atoms with Gasteiger partial charge in [-0.3, -0.25) is 9.59 Å². The summed E-state index contributed by atoms with van der Waals surface area (Å²) in [5.41, 5.74) is 0. The van der Waals surface area contributed by atoms with Crippen LogP contribution >= 0.6 is 0 Å². The molecule has 3 N–H and O–H groups in total. The second-order valence-corrected chi connectivity index (χ2v) is 18.9. The number of allylic oxidation sites excluding steroid dienone is 5. The quantitative estimate of drug-likeness (QED) is 0.0321. The highest BCUT2D eigenvalue weighted by atomic mass is 16.5. The zero-order valence-electron chi connectivity index (χ0n) is 42.1. The van der Waals surface area contributed by atoms with Gasteiger partial charge in [-0.1, -0.05) is 256 Å². The van der Waals surface area contributed by atoms with Crippen LogP contribution < -0.4 is 5.32 Å². The summed E-state index contributed by atoms with van der Waals surface area (Å²) in [6.45, 7) is 4.80. The molecule has 0 fully saturated rings. The molecular formula is C57H107NO5. The number of aliphatic hydroxyl groups excluding tert-OH is 2. The predicted octanol–water partition coefficient (Wildman–Crippen LogP) is 16.9. The van der Waals surface area contributed by atoms with E-state index >= 15 is 0 Å². The van der Waals surface area contributed by atoms with E-state index in [9.17, 15) is 19.8 Å². The lowest BCUT2D eigenvalue weighted by Crippen LogP contribution is -2.45. The maximum Gasteiger partial charge on any atom is 0.305 e. The second kappa shape index (κ2) is 52.7. The van der Waals surface area contributed by atoms with Gasteiger partial charge in [0.25, 0.3) is 0 Å². The largest absolute Gasteiger partial charge is 0.466 e. The molecule has 1 amide bonds. The molecular weight excluding hydrogens is 779 g/mol. The van der Waals surface area contributed by atoms with Gasteiger partial charge in [-0.2, -0.15) is 0 Å². The van der Waals surface area contributed by atoms with E-state index in [1.165, 1.54) is 193 Å². The van der Waals surface area contributed by atoms with Gasteiger partial charge in [-0.15, -0.1) is 0 Å². The first-order valence-electron chi connectivity index (χ1n) is 27.8. The van der Waals surface area contributed by atoms with Crippen LogP contribution in [0.1, 0.15) is 290 Å². The molecule has 6 nitrogen and oxygen atoms in total. The Hall–Kier alpha value is -1.92. The first-order chi connectivity index (χ1) is 31.0. The summed E-state index contributed by atoms with van der Waals surface area (Å²) in [6, 6.07) is -0.650. The monoisotopic (exact) mass is 886 g/mol. The summed E-state index contributed by atoms with van der Waals surface area (Å²) in [7, 11) is 0. The van der Waals surface area contributed by atoms with Gasteiger partial charge >= 0.3 is 5.97 Å². The number of unbranched alkanes of at least 4 members (excludes halogenated alkanes) is 36. The van der Waals surface area contributed by atoms with Crippen molar-refractivity contribution in [2.75, 3.05) is 13.2 Å². The third-order valence-corrected chi connectivity index (χ3v) is 12.7. The molecule has 0 radical (unpaired) electrons. The Morgan fingerprint density at radius 2 is 0.810 bits per heavy atom. The maximum atomic E-state index is 12.5. The van der Waals surface area contributed by atoms with Crippen molar-refractivity contribution in [1.82, 2.24) is 5.32 Å². The van der Waals surface area contributed by atoms with E-state index in [4.69, 9.17) is 4.74 Å². The third-order valence-electron chi connectivity index (χ3n) is 12.7. The van der Waals surface area contributed by atoms with Gasteiger partial charge in [-0.25, -0.2) is 0 Å². The van der Waals surface area contributed by atoms with Gasteiger partial charge in [0.1, 0.15) is 0 Å². The lowest BCUT2D eigenvalue weighted by molar-refractivity contribution is -0.143. The van der Waals surface area contributed by atoms with E-state index in [2.05, 4.69) is 43.5 Å². The Morgan fingerprint density at radius 1 is 0.444 bits per heavy atom. The average molecular weight is 886 g/mol. The van der Waals surface area contributed by atoms with Crippen LogP contribution in [0.15, 0.2) is 36.5 Å². The van der Waals surface area contributed by atoms with Crippen molar-refractivity contribution in [3.05, 3.63) is 36.5 Å². The van der Waals surface area contributed by atoms with Crippen LogP contribution in [0.3, 0.4) is 0 Å². The number of carbonyl (C=O) groups excluding carboxylic acids is 2. The highest BCUT2D eigenvalue weighted by molar-refractivity contribution is 5.76. The Bertz CT molecular complexity index is 1020. The number of ether oxygens (including phenoxy) is 1. The fraction of sp³-hybridized carbons (Fsp3) is 0.860. The van der Waals surface area contributed by atoms with E-state index in [1.54, 1.807) is 6.08 Å². The van der Waals surface area contributed by atoms with Gasteiger partial charge in [0, 0.05) is 12.8 Å². The highest BCUT2D eigenvalue weighted by Crippen LogP contribution is 2.16. The Labute approximate surface area is 392 Å². The molecule has 63 heavy (non-hydrogen) atoms. The third kappa shape index (κ3) is 49.4. The molecule has 0 saturated carbocycles. The van der Waals surface area contributed by atoms with Gasteiger partial charge in [0.15, 0.2) is 0 Å². The molecule has 0 rings (SSSR count). The summed E-state index contributed by atoms with van der Waals surface area (Å²) >= 11 is 0. The van der Waals surface area contributed by atoms with Crippen molar-refractivity contribution >= 4 is 11.9 Å². The molecule has 370 valence electrons. The van der Waals surface area contributed by atoms with Crippen LogP contribution in [0.5, 0.6) is 0 Å². The number of nitrogens with one attached hydrogen (secondary N) is 1. The van der Waals surface area contributed by atoms with E-state index in [-0.39, 0.29) is 18.5 Å². The average Bonchev–Trinajstić information content (AvgIpc) is 3.28. The van der Waals surface area contributed by atoms with Crippen LogP contribution in [-0.4, -0.2) is 47.4 Å². The highest BCUT2D eigenvalue weighted by Gasteiger charge is 2.18. The molecule has 0 aliphatic carbocycles. The Kier molecular flexibility index (Phi) is 51.1. The first kappa shape index (κ1) is 61.1. The molecule has 2 atom stereocenters. The van der Waals surface area contributed by atoms with E-state index in [0.29, 0.717) is 19.4 Å². The zero-order chi connectivity index (χ0) is 45.8. The minimum absolute atomic E-state index is 0.0416. The van der Waals surface area contributed by atoms with Crippen LogP contribution in [-0.2, 0) is 14.3 Å². The molecule has 0 aliphatic rings. The summed E-state index contributed by atoms with van der Waals surface area (Å²) in [6.07, 6.45) is 64.4. The molecule has 2 unspecified atom stereocenters. The van der Waals surface area contributed by atoms with Crippen LogP contribution in [0.25, 0.3) is 0 Å². The standard InChI is InChI=1S/C57H107NO5/c1-3-5-7-9-11-13-15-17-19-20-21-22-23-24-25-26-27-28-30-33-37-41-45-49-55(60)54(53-59)58-56(61)50-46-42-38-34-32-36-40-44-48-52-63-57(62)51-47-43-39-35-31-29-18-16-14-12-10-8-6-4-2/h10,12,16,18,45,49,54-55,59-60H,3-9,11,13-15,17,19-44,46-48,50-53H2,1-2H3,(H,58,61)/b12-10-,18-16-,49-45+. The van der Waals surface area contributed by atoms with E-state index in [0.717, 1.165) is 70.6 Å². The van der Waals surface area contributed by atoms with E-state index < -0.39 is 12.1 Å². The van der Waals surface area contributed by atoms with Gasteiger partial charge in [-0.05, 0) is 57.8 Å². The van der Waals surface area contributed by atoms with Gasteiger partial charge in [0.2, 0.25) is 5.91 Å². The van der Waals surface area contributed by atoms with Crippen molar-refractivity contribution < 1.29 is 24.5 Å². The SMILES string of the molecule is CCCC/C=C\C/C=C\CCCCCCCC(=O)OCCCCCCCCCCCC(=O)NC(CO)C(O)/C=C/CCCCCCCCCCCCCCCCCCCCCCC. The van der Waals surface area contributed by atoms with Gasteiger partial charge < -0.3 is 20.3 Å². The molecule has 0 heterocycles. The van der Waals surface area contributed by atoms with Gasteiger partial charge in [0.05, 0.1) is 25.4 Å². The number of hydrogen-bond acceptors (Lipinski definition) is 5. The van der Waals surface area contributed by atoms with E-state index in [1.807, 2.05) is 6.08 Å². The Balaban J connectivity index is 3.53. The minimum atomic E-state index is -0.864. The number of carbonyl (C=O) groups is 2. The summed E-state index contributed by atoms with van der Waals surface area (Å²) in [5, 5.41) is 23.1. The molecule has 6 heteroatoms. The van der Waals surface area contributed by atoms with Crippen molar-refractivity contribution in [3.8, 4) is 0 Å². The fourth-order valence-corrected chi connectivity index (χ4v) is 8.36. The number of esters is 1. The summed E-state index contributed by atoms with van der Waals surface area (Å²) < 4.78 is 5.44. The predicted molar refractivity (Wildman–Crippen MR) is 273 cm³/mol. The minimum Gasteiger partial charge on any atom is -0.466 e. The van der Waals surface area contributed by atoms with Crippen molar-refractivity contribution in [1.29, 1.82) is 0 Å². The fourth-order valence-electron chi connectivity index (χ4n) is 8.36. The zero-order valence-corrected chi connectivity index (χ0v) is 42.1. The molecule has 0 aromatic heterocycles. The molecule has 0 bridgehead atoms. The topological polar surface area (TPSA) is 95.9 Å². The smallest absolute Gasteiger partial charge is 0.305 e. The normalized spacial score (nSPS) is 12.9. The molecule has 0 aliphatic heterocycles. The first-order valence-corrected chi connectivity index (χ1v) is 27.8. The number of rotatable bonds is 51. The lowest BCUT2D eigenvalue weighted by Gasteiger charge is -2.20. The van der Waals surface area contributed by atoms with Crippen molar-refractivity contribution in [2.45, 2.75) is 302 Å². The van der Waals surface area contributed by atoms with Crippen LogP contribution in [0.4, 0.5) is 0 Å². The van der Waals surface area contributed by atoms with Crippen molar-refractivity contribution in [3.63, 3.8) is 0 Å². The van der Waals surface area contributed by atoms with Crippen LogP contribution in [0, 0.1) is 0 Å². The maximum absolute atomic E-state index is 12.5. The molecule has 0 saturated heterocycles. The number of amides is 1. The Morgan fingerprint density at radius 3 is 1.25 bits per heavy atom. The number of aliphatic hydroxyl groups is 2. The molecule has 0 aromatic carbocycles. The number of hydrogen-bond donors (Lipinski definition) is 3.